The van der Waals surface area contributed by atoms with Crippen molar-refractivity contribution in [3.05, 3.63) is 41.1 Å². The third-order valence-electron chi connectivity index (χ3n) is 5.74. The van der Waals surface area contributed by atoms with Crippen molar-refractivity contribution >= 4 is 34.9 Å². The van der Waals surface area contributed by atoms with Gasteiger partial charge in [-0.3, -0.25) is 4.79 Å². The molecule has 2 aliphatic rings. The second-order valence-electron chi connectivity index (χ2n) is 8.53. The topological polar surface area (TPSA) is 70.7 Å². The molecule has 0 bridgehead atoms. The number of benzene rings is 1. The molecule has 0 radical (unpaired) electrons. The molecule has 1 atom stereocenters. The highest BCUT2D eigenvalue weighted by Gasteiger charge is 2.34. The predicted molar refractivity (Wildman–Crippen MR) is 122 cm³/mol. The second-order valence-corrected chi connectivity index (χ2v) is 8.92. The number of hydrogen-bond donors (Lipinski definition) is 2. The van der Waals surface area contributed by atoms with Gasteiger partial charge in [-0.05, 0) is 55.6 Å². The molecule has 1 fully saturated rings. The van der Waals surface area contributed by atoms with Crippen LogP contribution in [-0.4, -0.2) is 35.5 Å². The molecule has 1 amide bonds. The van der Waals surface area contributed by atoms with Gasteiger partial charge in [-0.1, -0.05) is 38.8 Å². The summed E-state index contributed by atoms with van der Waals surface area (Å²) in [6.45, 7) is 6.23. The number of ether oxygens (including phenoxy) is 1. The third kappa shape index (κ3) is 5.01. The lowest BCUT2D eigenvalue weighted by Crippen LogP contribution is -2.46. The van der Waals surface area contributed by atoms with Crippen LogP contribution in [-0.2, 0) is 14.3 Å². The van der Waals surface area contributed by atoms with E-state index in [1.807, 2.05) is 52.1 Å². The van der Waals surface area contributed by atoms with E-state index in [1.54, 1.807) is 4.90 Å². The van der Waals surface area contributed by atoms with E-state index >= 15 is 0 Å². The zero-order valence-corrected chi connectivity index (χ0v) is 19.0. The van der Waals surface area contributed by atoms with Crippen LogP contribution in [0, 0.1) is 11.8 Å². The molecule has 2 N–H and O–H groups in total. The van der Waals surface area contributed by atoms with E-state index in [9.17, 15) is 9.59 Å². The Morgan fingerprint density at radius 3 is 2.67 bits per heavy atom. The Hall–Kier alpha value is -2.41. The second kappa shape index (κ2) is 9.60. The van der Waals surface area contributed by atoms with Gasteiger partial charge in [-0.15, -0.1) is 0 Å². The average Bonchev–Trinajstić information content (AvgIpc) is 3.25. The highest BCUT2D eigenvalue weighted by Crippen LogP contribution is 2.32. The quantitative estimate of drug-likeness (QED) is 0.523. The van der Waals surface area contributed by atoms with E-state index < -0.39 is 6.04 Å². The number of esters is 1. The van der Waals surface area contributed by atoms with Gasteiger partial charge in [-0.25, -0.2) is 4.79 Å². The Kier molecular flexibility index (Phi) is 7.13. The molecular formula is C23H31N3O3S. The fraction of sp³-hybridized carbons (Fsp3) is 0.522. The summed E-state index contributed by atoms with van der Waals surface area (Å²) < 4.78 is 5.53. The molecule has 30 heavy (non-hydrogen) atoms. The van der Waals surface area contributed by atoms with Gasteiger partial charge in [0, 0.05) is 24.4 Å². The standard InChI is InChI=1S/C23H31N3O3S/c1-14(2)13-29-22(28)19-15(3)26(4)23(30)25-20(19)17-10-7-11-18(12-17)24-21(27)16-8-5-6-9-16/h7,10-12,14,16,20H,5-6,8-9,13H2,1-4H3,(H,24,27)(H,25,30)/t20-/m0/s1. The fourth-order valence-electron chi connectivity index (χ4n) is 3.90. The SMILES string of the molecule is CC1=C(C(=O)OCC(C)C)[C@H](c2cccc(NC(=O)C3CCCC3)c2)NC(=S)N1C. The minimum Gasteiger partial charge on any atom is -0.462 e. The molecule has 0 unspecified atom stereocenters. The van der Waals surface area contributed by atoms with Crippen molar-refractivity contribution in [3.63, 3.8) is 0 Å². The van der Waals surface area contributed by atoms with Crippen LogP contribution < -0.4 is 10.6 Å². The maximum absolute atomic E-state index is 12.9. The molecule has 0 spiro atoms. The van der Waals surface area contributed by atoms with Crippen LogP contribution in [0.15, 0.2) is 35.5 Å². The van der Waals surface area contributed by atoms with Crippen LogP contribution in [0.25, 0.3) is 0 Å². The number of allylic oxidation sites excluding steroid dienone is 1. The highest BCUT2D eigenvalue weighted by atomic mass is 32.1. The van der Waals surface area contributed by atoms with Crippen molar-refractivity contribution in [3.8, 4) is 0 Å². The Morgan fingerprint density at radius 2 is 2.00 bits per heavy atom. The molecule has 1 aliphatic heterocycles. The first-order chi connectivity index (χ1) is 14.3. The first-order valence-electron chi connectivity index (χ1n) is 10.6. The molecule has 1 saturated carbocycles. The van der Waals surface area contributed by atoms with E-state index in [0.29, 0.717) is 17.3 Å². The highest BCUT2D eigenvalue weighted by molar-refractivity contribution is 7.80. The molecule has 0 aromatic heterocycles. The predicted octanol–water partition coefficient (Wildman–Crippen LogP) is 4.15. The lowest BCUT2D eigenvalue weighted by atomic mass is 9.94. The van der Waals surface area contributed by atoms with Crippen LogP contribution in [0.1, 0.15) is 58.1 Å². The van der Waals surface area contributed by atoms with Crippen LogP contribution in [0.3, 0.4) is 0 Å². The van der Waals surface area contributed by atoms with Crippen molar-refractivity contribution < 1.29 is 14.3 Å². The van der Waals surface area contributed by atoms with Crippen molar-refractivity contribution in [2.75, 3.05) is 19.0 Å². The number of nitrogens with zero attached hydrogens (tertiary/aromatic N) is 1. The number of hydrogen-bond acceptors (Lipinski definition) is 4. The summed E-state index contributed by atoms with van der Waals surface area (Å²) in [5, 5.41) is 6.83. The Bertz CT molecular complexity index is 859. The zero-order valence-electron chi connectivity index (χ0n) is 18.2. The van der Waals surface area contributed by atoms with Gasteiger partial charge in [0.15, 0.2) is 5.11 Å². The van der Waals surface area contributed by atoms with Gasteiger partial charge >= 0.3 is 5.97 Å². The summed E-state index contributed by atoms with van der Waals surface area (Å²) in [4.78, 5) is 27.2. The number of amides is 1. The number of carbonyl (C=O) groups is 2. The van der Waals surface area contributed by atoms with E-state index in [1.165, 1.54) is 0 Å². The van der Waals surface area contributed by atoms with Crippen LogP contribution in [0.2, 0.25) is 0 Å². The summed E-state index contributed by atoms with van der Waals surface area (Å²) in [5.41, 5.74) is 2.87. The first kappa shape index (κ1) is 22.3. The van der Waals surface area contributed by atoms with Crippen LogP contribution >= 0.6 is 12.2 Å². The summed E-state index contributed by atoms with van der Waals surface area (Å²) in [6.07, 6.45) is 4.12. The summed E-state index contributed by atoms with van der Waals surface area (Å²) in [7, 11) is 1.83. The molecule has 1 aromatic rings. The van der Waals surface area contributed by atoms with Crippen molar-refractivity contribution in [1.29, 1.82) is 0 Å². The van der Waals surface area contributed by atoms with Crippen molar-refractivity contribution in [1.82, 2.24) is 10.2 Å². The fourth-order valence-corrected chi connectivity index (χ4v) is 4.15. The smallest absolute Gasteiger partial charge is 0.338 e. The van der Waals surface area contributed by atoms with E-state index in [0.717, 1.165) is 42.6 Å². The number of anilines is 1. The summed E-state index contributed by atoms with van der Waals surface area (Å²) in [5.74, 6) is 0.0532. The number of rotatable bonds is 6. The summed E-state index contributed by atoms with van der Waals surface area (Å²) in [6, 6.07) is 7.16. The van der Waals surface area contributed by atoms with Crippen LogP contribution in [0.5, 0.6) is 0 Å². The zero-order chi connectivity index (χ0) is 21.8. The average molecular weight is 430 g/mol. The molecule has 1 aromatic carbocycles. The lowest BCUT2D eigenvalue weighted by Gasteiger charge is -2.35. The van der Waals surface area contributed by atoms with Gasteiger partial charge in [0.05, 0.1) is 18.2 Å². The number of carbonyl (C=O) groups excluding carboxylic acids is 2. The van der Waals surface area contributed by atoms with E-state index in [2.05, 4.69) is 10.6 Å². The number of thiocarbonyl (C=S) groups is 1. The Balaban J connectivity index is 1.86. The van der Waals surface area contributed by atoms with Gasteiger partial charge in [-0.2, -0.15) is 0 Å². The molecule has 3 rings (SSSR count). The molecule has 6 nitrogen and oxygen atoms in total. The monoisotopic (exact) mass is 429 g/mol. The molecular weight excluding hydrogens is 398 g/mol. The van der Waals surface area contributed by atoms with Gasteiger partial charge < -0.3 is 20.3 Å². The third-order valence-corrected chi connectivity index (χ3v) is 6.13. The first-order valence-corrected chi connectivity index (χ1v) is 11.0. The molecule has 0 saturated heterocycles. The number of nitrogens with one attached hydrogen (secondary N) is 2. The minimum atomic E-state index is -0.434. The van der Waals surface area contributed by atoms with Crippen LogP contribution in [0.4, 0.5) is 5.69 Å². The Morgan fingerprint density at radius 1 is 1.30 bits per heavy atom. The maximum atomic E-state index is 12.9. The largest absolute Gasteiger partial charge is 0.462 e. The van der Waals surface area contributed by atoms with Gasteiger partial charge in [0.1, 0.15) is 0 Å². The van der Waals surface area contributed by atoms with Crippen molar-refractivity contribution in [2.24, 2.45) is 11.8 Å². The van der Waals surface area contributed by atoms with E-state index in [4.69, 9.17) is 17.0 Å². The molecule has 7 heteroatoms. The van der Waals surface area contributed by atoms with Gasteiger partial charge in [0.25, 0.3) is 0 Å². The van der Waals surface area contributed by atoms with Gasteiger partial charge in [0.2, 0.25) is 5.91 Å². The Labute approximate surface area is 184 Å². The molecule has 1 heterocycles. The molecule has 1 aliphatic carbocycles. The van der Waals surface area contributed by atoms with Crippen molar-refractivity contribution in [2.45, 2.75) is 52.5 Å². The maximum Gasteiger partial charge on any atom is 0.338 e. The lowest BCUT2D eigenvalue weighted by molar-refractivity contribution is -0.140. The normalized spacial score (nSPS) is 19.8. The molecule has 162 valence electrons. The summed E-state index contributed by atoms with van der Waals surface area (Å²) >= 11 is 5.46. The van der Waals surface area contributed by atoms with E-state index in [-0.39, 0.29) is 23.7 Å². The minimum absolute atomic E-state index is 0.0693.